The number of carbonyl (C=O) groups is 3. The molecule has 0 radical (unpaired) electrons. The van der Waals surface area contributed by atoms with Gasteiger partial charge in [-0.15, -0.1) is 12.4 Å². The number of aliphatic carboxylic acids is 2. The third kappa shape index (κ3) is 19.6. The Bertz CT molecular complexity index is 4460. The average Bonchev–Trinajstić information content (AvgIpc) is 1.59. The molecule has 7 heterocycles. The number of hydrogen-bond acceptors (Lipinski definition) is 20. The number of nitrogens with two attached hydrogens (primary N) is 1. The number of anilines is 1. The number of aliphatic hydroxyl groups excluding tert-OH is 2. The summed E-state index contributed by atoms with van der Waals surface area (Å²) in [4.78, 5) is 65.1. The number of nitrogens with one attached hydrogen (secondary N) is 1. The van der Waals surface area contributed by atoms with E-state index in [1.54, 1.807) is 78.3 Å². The van der Waals surface area contributed by atoms with Gasteiger partial charge in [-0.3, -0.25) is 14.8 Å². The number of sulfone groups is 1. The monoisotopic (exact) mass is 1450 g/mol. The molecule has 2 aliphatic heterocycles. The molecule has 27 heteroatoms. The van der Waals surface area contributed by atoms with E-state index >= 15 is 0 Å². The molecule has 23 nitrogen and oxygen atoms in total. The Morgan fingerprint density at radius 3 is 1.96 bits per heavy atom. The standard InChI is InChI=1S/C25H20O7S.C20H26ClN5OS.C13H13N3.C11H23N.C4H6O6.ClH/c1-33(29,30)15-16-5-7-18(8-6-16)22-14-32-23-12-20(9-10-21(23)24(22)26)31-13-17-3-2-4-19(11-17)25(27)28;1-5-14(6-2)15-11-12(3)24-26-16(13(4)22-19(15)26)17-18(21)23-20(28-17)25-7-9-27-10-8-25;1-2-16-13-5-11-9-3-8(6-14-7-9)10(11)4-12(13)15-1;1-9(2)6-10(3,4)8-11(5,12)7-9;5-1(3(7)8)2(6)4(9)10;/h2-12,14H,13,15H2,1H3,(H,27,28);11,14H,5-10H2,1-4H3;1-2,4-5,8-9,14H,3,6-7H2;6-8,12H2,1-5H3;1-2,5-6H,(H,7,8)(H,9,10);1H/t;;8-,9+;;1-,2-;/m....1./s1. The molecule has 3 fully saturated rings. The first-order valence-corrected chi connectivity index (χ1v) is 36.2. The zero-order valence-corrected chi connectivity index (χ0v) is 61.0. The molecule has 0 unspecified atom stereocenters. The Balaban J connectivity index is 0.000000170. The number of carboxylic acids is 3. The second kappa shape index (κ2) is 32.8. The van der Waals surface area contributed by atoms with Crippen LogP contribution in [0.2, 0.25) is 5.15 Å². The fourth-order valence-electron chi connectivity index (χ4n) is 14.4. The van der Waals surface area contributed by atoms with Gasteiger partial charge in [-0.05, 0) is 158 Å². The first-order chi connectivity index (χ1) is 46.7. The van der Waals surface area contributed by atoms with E-state index in [-0.39, 0.29) is 41.3 Å². The highest BCUT2D eigenvalue weighted by atomic mass is 35.5. The molecular formula is C73H89Cl2N9O14S2. The van der Waals surface area contributed by atoms with E-state index in [1.165, 1.54) is 54.2 Å². The summed E-state index contributed by atoms with van der Waals surface area (Å²) in [5, 5.41) is 51.8. The van der Waals surface area contributed by atoms with Crippen molar-refractivity contribution in [2.24, 2.45) is 16.6 Å². The van der Waals surface area contributed by atoms with E-state index in [0.29, 0.717) is 72.7 Å². The van der Waals surface area contributed by atoms with Crippen LogP contribution in [-0.2, 0) is 36.5 Å². The zero-order chi connectivity index (χ0) is 71.9. The van der Waals surface area contributed by atoms with Crippen LogP contribution in [0.4, 0.5) is 5.13 Å². The molecule has 5 aromatic heterocycles. The number of thiazole rings is 1. The van der Waals surface area contributed by atoms with Crippen molar-refractivity contribution in [2.75, 3.05) is 50.5 Å². The van der Waals surface area contributed by atoms with Crippen LogP contribution in [0.15, 0.2) is 113 Å². The van der Waals surface area contributed by atoms with E-state index in [4.69, 9.17) is 66.8 Å². The minimum Gasteiger partial charge on any atom is -0.489 e. The van der Waals surface area contributed by atoms with E-state index in [1.807, 2.05) is 18.4 Å². The lowest BCUT2D eigenvalue weighted by molar-refractivity contribution is -0.165. The number of rotatable bonds is 15. The molecule has 4 aliphatic rings. The van der Waals surface area contributed by atoms with Crippen LogP contribution < -0.4 is 26.1 Å². The minimum atomic E-state index is -3.14. The van der Waals surface area contributed by atoms with E-state index in [2.05, 4.69) is 91.8 Å². The van der Waals surface area contributed by atoms with Gasteiger partial charge < -0.3 is 55.4 Å². The molecule has 536 valence electrons. The number of carboxylic acid groups (broad SMARTS) is 3. The normalized spacial score (nSPS) is 17.7. The topological polar surface area (TPSA) is 345 Å². The van der Waals surface area contributed by atoms with Crippen LogP contribution >= 0.6 is 35.3 Å². The molecule has 0 amide bonds. The molecule has 4 atom stereocenters. The van der Waals surface area contributed by atoms with Gasteiger partial charge in [0.05, 0.1) is 62.8 Å². The number of morpholine rings is 1. The highest BCUT2D eigenvalue weighted by Gasteiger charge is 2.43. The summed E-state index contributed by atoms with van der Waals surface area (Å²) < 4.78 is 41.8. The summed E-state index contributed by atoms with van der Waals surface area (Å²) in [6.45, 7) is 25.6. The number of fused-ring (bicyclic) bond motifs is 8. The molecule has 4 aromatic carbocycles. The molecule has 13 rings (SSSR count). The molecule has 2 saturated heterocycles. The van der Waals surface area contributed by atoms with Gasteiger partial charge in [-0.25, -0.2) is 37.3 Å². The molecule has 8 N–H and O–H groups in total. The minimum absolute atomic E-state index is 0. The molecule has 2 aliphatic carbocycles. The van der Waals surface area contributed by atoms with Gasteiger partial charge in [0.2, 0.25) is 0 Å². The Morgan fingerprint density at radius 2 is 1.41 bits per heavy atom. The SMILES string of the molecule is CC1(C)CC(C)(C)CC(C)(N)C1.CCC(CC)c1cc(C)nn2c(-c3sc(N4CCOCC4)nc3Cl)c(C)nc12.CS(=O)(=O)Cc1ccc(-c2coc3cc(OCc4cccc(C(=O)O)c4)ccc3c2=O)cc1.Cl.O=C(O)[C@H](O)[C@@H](O)C(=O)O.c1cnc2cc3c(cc2n1)[C@@H]1CNC[C@H]3C1. The Kier molecular flexibility index (Phi) is 25.5. The number of imidazole rings is 1. The van der Waals surface area contributed by atoms with Gasteiger partial charge >= 0.3 is 17.9 Å². The molecule has 0 spiro atoms. The lowest BCUT2D eigenvalue weighted by atomic mass is 9.59. The summed E-state index contributed by atoms with van der Waals surface area (Å²) in [5.74, 6) is -2.28. The highest BCUT2D eigenvalue weighted by molar-refractivity contribution is 7.89. The number of benzene rings is 4. The van der Waals surface area contributed by atoms with Gasteiger partial charge in [0.25, 0.3) is 0 Å². The number of hydrogen-bond donors (Lipinski definition) is 7. The second-order valence-electron chi connectivity index (χ2n) is 27.8. The third-order valence-electron chi connectivity index (χ3n) is 17.9. The van der Waals surface area contributed by atoms with Crippen molar-refractivity contribution < 1.29 is 62.2 Å². The average molecular weight is 1450 g/mol. The van der Waals surface area contributed by atoms with Gasteiger partial charge in [-0.1, -0.05) is 101 Å². The molecular weight excluding hydrogens is 1360 g/mol. The molecule has 9 aromatic rings. The summed E-state index contributed by atoms with van der Waals surface area (Å²) in [6, 6.07) is 24.8. The van der Waals surface area contributed by atoms with Gasteiger partial charge in [0.15, 0.2) is 43.4 Å². The predicted octanol–water partition coefficient (Wildman–Crippen LogP) is 12.2. The van der Waals surface area contributed by atoms with Crippen molar-refractivity contribution in [1.82, 2.24) is 34.9 Å². The van der Waals surface area contributed by atoms with Crippen molar-refractivity contribution in [3.8, 4) is 27.4 Å². The van der Waals surface area contributed by atoms with Gasteiger partial charge in [0, 0.05) is 62.0 Å². The van der Waals surface area contributed by atoms with Crippen LogP contribution in [-0.4, -0.2) is 145 Å². The quantitative estimate of drug-likeness (QED) is 0.0501. The zero-order valence-electron chi connectivity index (χ0n) is 57.8. The number of nitrogens with zero attached hydrogens (tertiary/aromatic N) is 7. The van der Waals surface area contributed by atoms with E-state index in [9.17, 15) is 27.6 Å². The number of aliphatic hydroxyl groups is 2. The fourth-order valence-corrected chi connectivity index (χ4v) is 16.7. The maximum atomic E-state index is 13.0. The first kappa shape index (κ1) is 77.8. The van der Waals surface area contributed by atoms with Crippen LogP contribution in [0.5, 0.6) is 5.75 Å². The van der Waals surface area contributed by atoms with Crippen molar-refractivity contribution in [1.29, 1.82) is 0 Å². The summed E-state index contributed by atoms with van der Waals surface area (Å²) >= 11 is 8.21. The van der Waals surface area contributed by atoms with Crippen LogP contribution in [0, 0.1) is 24.7 Å². The first-order valence-electron chi connectivity index (χ1n) is 32.9. The van der Waals surface area contributed by atoms with E-state index < -0.39 is 40.0 Å². The van der Waals surface area contributed by atoms with Crippen molar-refractivity contribution in [2.45, 2.75) is 149 Å². The van der Waals surface area contributed by atoms with Crippen LogP contribution in [0.25, 0.3) is 49.3 Å². The Hall–Kier alpha value is -7.98. The number of aromatic nitrogens is 6. The Labute approximate surface area is 596 Å². The number of aryl methyl sites for hydroxylation is 2. The van der Waals surface area contributed by atoms with Crippen molar-refractivity contribution in [3.05, 3.63) is 164 Å². The summed E-state index contributed by atoms with van der Waals surface area (Å²) in [5.41, 5.74) is 19.9. The summed E-state index contributed by atoms with van der Waals surface area (Å²) in [6.07, 6.45) is 8.63. The molecule has 100 heavy (non-hydrogen) atoms. The lowest BCUT2D eigenvalue weighted by Gasteiger charge is -2.49. The number of halogens is 2. The third-order valence-corrected chi connectivity index (χ3v) is 20.2. The van der Waals surface area contributed by atoms with E-state index in [0.717, 1.165) is 109 Å². The number of ether oxygens (including phenoxy) is 2. The predicted molar refractivity (Wildman–Crippen MR) is 390 cm³/mol. The van der Waals surface area contributed by atoms with Crippen LogP contribution in [0.3, 0.4) is 0 Å². The second-order valence-corrected chi connectivity index (χ2v) is 31.3. The fraction of sp³-hybridized carbons (Fsp3) is 0.438. The van der Waals surface area contributed by atoms with Crippen molar-refractivity contribution >= 4 is 95.9 Å². The number of piperidine rings is 1. The van der Waals surface area contributed by atoms with Gasteiger partial charge in [-0.2, -0.15) is 5.10 Å². The maximum Gasteiger partial charge on any atom is 0.335 e. The number of aromatic carboxylic acids is 1. The van der Waals surface area contributed by atoms with Crippen molar-refractivity contribution in [3.63, 3.8) is 0 Å². The summed E-state index contributed by atoms with van der Waals surface area (Å²) in [7, 11) is -3.14. The highest BCUT2D eigenvalue weighted by Crippen LogP contribution is 2.49. The van der Waals surface area contributed by atoms with Crippen LogP contribution in [0.1, 0.15) is 154 Å². The van der Waals surface area contributed by atoms with Gasteiger partial charge in [0.1, 0.15) is 29.9 Å². The smallest absolute Gasteiger partial charge is 0.335 e. The maximum absolute atomic E-state index is 13.0. The molecule has 2 bridgehead atoms. The Morgan fingerprint density at radius 1 is 0.810 bits per heavy atom. The lowest BCUT2D eigenvalue weighted by Crippen LogP contribution is -2.49. The largest absolute Gasteiger partial charge is 0.489 e. The molecule has 1 saturated carbocycles.